The van der Waals surface area contributed by atoms with Crippen LogP contribution in [0, 0.1) is 5.92 Å². The Morgan fingerprint density at radius 3 is 2.85 bits per heavy atom. The number of nitrogens with zero attached hydrogens (tertiary/aromatic N) is 1. The lowest BCUT2D eigenvalue weighted by atomic mass is 9.85. The lowest BCUT2D eigenvalue weighted by Crippen LogP contribution is -2.09. The molecule has 5 rings (SSSR count). The van der Waals surface area contributed by atoms with Gasteiger partial charge in [0.2, 0.25) is 0 Å². The first-order valence-electron chi connectivity index (χ1n) is 10.9. The molecule has 1 fully saturated rings. The van der Waals surface area contributed by atoms with Crippen molar-refractivity contribution in [2.75, 3.05) is 0 Å². The summed E-state index contributed by atoms with van der Waals surface area (Å²) in [5.41, 5.74) is 3.69. The van der Waals surface area contributed by atoms with Crippen LogP contribution in [0.2, 0.25) is 0 Å². The summed E-state index contributed by atoms with van der Waals surface area (Å²) in [7, 11) is 0. The SMILES string of the molecule is [2H]c1ccc2c(c1)oc1c(-c3cc(C([2H])([2H])C4CCCCC4)ccn3)cccc12. The first-order valence-corrected chi connectivity index (χ1v) is 9.43. The van der Waals surface area contributed by atoms with Crippen molar-refractivity contribution in [3.63, 3.8) is 0 Å². The van der Waals surface area contributed by atoms with E-state index >= 15 is 0 Å². The Bertz CT molecular complexity index is 1190. The molecule has 1 aliphatic carbocycles. The van der Waals surface area contributed by atoms with Gasteiger partial charge in [-0.25, -0.2) is 0 Å². The van der Waals surface area contributed by atoms with E-state index in [9.17, 15) is 0 Å². The standard InChI is InChI=1S/C24H23NO/c1-2-7-17(8-3-1)15-18-13-14-25-22(16-18)21-11-6-10-20-19-9-4-5-12-23(19)26-24(20)21/h4-6,9-14,16-17H,1-3,7-8,15H2/i5D,15D2. The number of fused-ring (bicyclic) bond motifs is 3. The van der Waals surface area contributed by atoms with Crippen LogP contribution in [-0.2, 0) is 6.37 Å². The van der Waals surface area contributed by atoms with Gasteiger partial charge in [0.05, 0.1) is 7.06 Å². The second kappa shape index (κ2) is 6.60. The number of aromatic nitrogens is 1. The number of hydrogen-bond acceptors (Lipinski definition) is 2. The highest BCUT2D eigenvalue weighted by molar-refractivity contribution is 6.09. The van der Waals surface area contributed by atoms with E-state index in [2.05, 4.69) is 4.98 Å². The van der Waals surface area contributed by atoms with Gasteiger partial charge < -0.3 is 4.42 Å². The lowest BCUT2D eigenvalue weighted by molar-refractivity contribution is 0.356. The topological polar surface area (TPSA) is 26.0 Å². The zero-order valence-electron chi connectivity index (χ0n) is 17.7. The third-order valence-electron chi connectivity index (χ3n) is 5.36. The van der Waals surface area contributed by atoms with Crippen molar-refractivity contribution in [1.29, 1.82) is 0 Å². The number of hydrogen-bond donors (Lipinski definition) is 0. The molecule has 2 aromatic carbocycles. The van der Waals surface area contributed by atoms with E-state index in [1.807, 2.05) is 36.4 Å². The number of benzene rings is 2. The summed E-state index contributed by atoms with van der Waals surface area (Å²) in [6.07, 6.45) is 5.66. The predicted molar refractivity (Wildman–Crippen MR) is 107 cm³/mol. The molecule has 0 spiro atoms. The minimum atomic E-state index is -1.36. The van der Waals surface area contributed by atoms with Crippen LogP contribution in [0.4, 0.5) is 0 Å². The second-order valence-electron chi connectivity index (χ2n) is 7.12. The lowest BCUT2D eigenvalue weighted by Gasteiger charge is -2.21. The summed E-state index contributed by atoms with van der Waals surface area (Å²) >= 11 is 0. The van der Waals surface area contributed by atoms with Crippen molar-refractivity contribution < 1.29 is 8.53 Å². The molecule has 26 heavy (non-hydrogen) atoms. The number of para-hydroxylation sites is 2. The van der Waals surface area contributed by atoms with Crippen molar-refractivity contribution in [2.24, 2.45) is 5.92 Å². The van der Waals surface area contributed by atoms with Gasteiger partial charge in [0.1, 0.15) is 11.2 Å². The van der Waals surface area contributed by atoms with E-state index < -0.39 is 6.37 Å². The molecule has 2 heterocycles. The van der Waals surface area contributed by atoms with Crippen LogP contribution in [0.25, 0.3) is 33.2 Å². The maximum atomic E-state index is 8.79. The quantitative estimate of drug-likeness (QED) is 0.410. The minimum Gasteiger partial charge on any atom is -0.455 e. The van der Waals surface area contributed by atoms with Gasteiger partial charge in [-0.15, -0.1) is 0 Å². The molecule has 0 bridgehead atoms. The second-order valence-corrected chi connectivity index (χ2v) is 7.12. The molecule has 2 nitrogen and oxygen atoms in total. The predicted octanol–water partition coefficient (Wildman–Crippen LogP) is 6.77. The normalized spacial score (nSPS) is 17.9. The van der Waals surface area contributed by atoms with Crippen molar-refractivity contribution in [1.82, 2.24) is 4.98 Å². The van der Waals surface area contributed by atoms with Gasteiger partial charge in [-0.05, 0) is 42.1 Å². The van der Waals surface area contributed by atoms with E-state index in [4.69, 9.17) is 8.53 Å². The van der Waals surface area contributed by atoms with E-state index in [0.717, 1.165) is 53.3 Å². The summed E-state index contributed by atoms with van der Waals surface area (Å²) in [5, 5.41) is 1.96. The van der Waals surface area contributed by atoms with Crippen LogP contribution in [0.15, 0.2) is 65.2 Å². The summed E-state index contributed by atoms with van der Waals surface area (Å²) in [4.78, 5) is 4.54. The molecular weight excluding hydrogens is 318 g/mol. The summed E-state index contributed by atoms with van der Waals surface area (Å²) in [5.74, 6) is 0.0592. The van der Waals surface area contributed by atoms with Crippen LogP contribution in [-0.4, -0.2) is 4.98 Å². The molecule has 2 heteroatoms. The average Bonchev–Trinajstić information content (AvgIpc) is 3.12. The molecule has 2 aromatic heterocycles. The Morgan fingerprint density at radius 1 is 1.04 bits per heavy atom. The largest absolute Gasteiger partial charge is 0.455 e. The molecule has 0 amide bonds. The Labute approximate surface area is 158 Å². The van der Waals surface area contributed by atoms with Crippen LogP contribution >= 0.6 is 0 Å². The first kappa shape index (κ1) is 12.7. The summed E-state index contributed by atoms with van der Waals surface area (Å²) < 4.78 is 31.5. The zero-order valence-corrected chi connectivity index (χ0v) is 14.7. The Kier molecular flexibility index (Phi) is 3.22. The number of furan rings is 1. The molecule has 4 aromatic rings. The van der Waals surface area contributed by atoms with Gasteiger partial charge in [-0.2, -0.15) is 0 Å². The minimum absolute atomic E-state index is 0.0592. The van der Waals surface area contributed by atoms with Gasteiger partial charge in [0, 0.05) is 25.3 Å². The maximum Gasteiger partial charge on any atom is 0.144 e. The highest BCUT2D eigenvalue weighted by Gasteiger charge is 2.16. The summed E-state index contributed by atoms with van der Waals surface area (Å²) in [6, 6.07) is 15.5. The zero-order chi connectivity index (χ0) is 20.0. The maximum absolute atomic E-state index is 8.79. The van der Waals surface area contributed by atoms with Gasteiger partial charge in [0.25, 0.3) is 0 Å². The van der Waals surface area contributed by atoms with Crippen molar-refractivity contribution in [3.05, 3.63) is 66.3 Å². The molecule has 0 radical (unpaired) electrons. The number of rotatable bonds is 3. The number of pyridine rings is 1. The van der Waals surface area contributed by atoms with Gasteiger partial charge in [-0.3, -0.25) is 4.98 Å². The highest BCUT2D eigenvalue weighted by atomic mass is 16.3. The van der Waals surface area contributed by atoms with Crippen LogP contribution in [0.3, 0.4) is 0 Å². The Hall–Kier alpha value is -2.61. The molecule has 0 aliphatic heterocycles. The first-order chi connectivity index (χ1) is 14.0. The smallest absolute Gasteiger partial charge is 0.144 e. The molecule has 1 aliphatic rings. The van der Waals surface area contributed by atoms with Crippen LogP contribution in [0.5, 0.6) is 0 Å². The fourth-order valence-corrected chi connectivity index (χ4v) is 4.04. The monoisotopic (exact) mass is 344 g/mol. The van der Waals surface area contributed by atoms with E-state index in [0.29, 0.717) is 17.2 Å². The third-order valence-corrected chi connectivity index (χ3v) is 5.36. The molecule has 0 atom stereocenters. The summed E-state index contributed by atoms with van der Waals surface area (Å²) in [6.45, 7) is 0. The third kappa shape index (κ3) is 2.80. The molecule has 130 valence electrons. The van der Waals surface area contributed by atoms with Crippen LogP contribution < -0.4 is 0 Å². The van der Waals surface area contributed by atoms with Crippen LogP contribution in [0.1, 0.15) is 41.8 Å². The molecule has 0 saturated heterocycles. The van der Waals surface area contributed by atoms with E-state index in [1.165, 1.54) is 6.42 Å². The molecule has 0 N–H and O–H groups in total. The fourth-order valence-electron chi connectivity index (χ4n) is 4.04. The van der Waals surface area contributed by atoms with Crippen molar-refractivity contribution in [3.8, 4) is 11.3 Å². The highest BCUT2D eigenvalue weighted by Crippen LogP contribution is 2.35. The molecule has 0 unspecified atom stereocenters. The molecule has 1 saturated carbocycles. The van der Waals surface area contributed by atoms with Gasteiger partial charge in [-0.1, -0.05) is 62.4 Å². The Balaban J connectivity index is 1.62. The van der Waals surface area contributed by atoms with Crippen molar-refractivity contribution >= 4 is 21.9 Å². The molecular formula is C24H23NO. The van der Waals surface area contributed by atoms with Gasteiger partial charge in [0.15, 0.2) is 0 Å². The van der Waals surface area contributed by atoms with Crippen molar-refractivity contribution in [2.45, 2.75) is 38.5 Å². The average molecular weight is 344 g/mol. The Morgan fingerprint density at radius 2 is 1.92 bits per heavy atom. The van der Waals surface area contributed by atoms with E-state index in [-0.39, 0.29) is 5.92 Å². The fraction of sp³-hybridized carbons (Fsp3) is 0.292. The van der Waals surface area contributed by atoms with Gasteiger partial charge >= 0.3 is 0 Å². The van der Waals surface area contributed by atoms with E-state index in [1.54, 1.807) is 18.3 Å².